The molecule has 0 aliphatic carbocycles. The summed E-state index contributed by atoms with van der Waals surface area (Å²) in [7, 11) is 0. The molecule has 0 aliphatic heterocycles. The minimum absolute atomic E-state index is 0.150. The number of aromatic nitrogens is 3. The molecule has 0 spiro atoms. The highest BCUT2D eigenvalue weighted by atomic mass is 16.5. The highest BCUT2D eigenvalue weighted by Crippen LogP contribution is 2.34. The predicted molar refractivity (Wildman–Crippen MR) is 74.9 cm³/mol. The highest BCUT2D eigenvalue weighted by Gasteiger charge is 2.19. The van der Waals surface area contributed by atoms with Gasteiger partial charge in [0.05, 0.1) is 11.1 Å². The zero-order valence-electron chi connectivity index (χ0n) is 10.8. The number of aromatic amines is 1. The second-order valence-corrected chi connectivity index (χ2v) is 4.41. The van der Waals surface area contributed by atoms with Crippen LogP contribution in [-0.2, 0) is 0 Å². The first kappa shape index (κ1) is 12.2. The predicted octanol–water partition coefficient (Wildman–Crippen LogP) is 1.98. The van der Waals surface area contributed by atoms with Crippen LogP contribution in [0.2, 0.25) is 0 Å². The van der Waals surface area contributed by atoms with E-state index in [1.54, 1.807) is 24.7 Å². The summed E-state index contributed by atoms with van der Waals surface area (Å²) >= 11 is 0. The third-order valence-corrected chi connectivity index (χ3v) is 2.97. The van der Waals surface area contributed by atoms with Gasteiger partial charge in [-0.05, 0) is 13.0 Å². The van der Waals surface area contributed by atoms with Crippen molar-refractivity contribution in [3.8, 4) is 22.5 Å². The Morgan fingerprint density at radius 3 is 2.95 bits per heavy atom. The minimum atomic E-state index is -0.150. The number of nitrogens with zero attached hydrogens (tertiary/aromatic N) is 2. The number of nitrogens with two attached hydrogens (primary N) is 1. The van der Waals surface area contributed by atoms with Crippen molar-refractivity contribution in [2.45, 2.75) is 6.92 Å². The largest absolute Gasteiger partial charge is 0.380 e. The van der Waals surface area contributed by atoms with Crippen LogP contribution in [0.3, 0.4) is 0 Å². The van der Waals surface area contributed by atoms with Crippen LogP contribution in [0.1, 0.15) is 5.69 Å². The Balaban J connectivity index is 2.24. The summed E-state index contributed by atoms with van der Waals surface area (Å²) < 4.78 is 5.23. The number of aryl methyl sites for hydroxylation is 1. The minimum Gasteiger partial charge on any atom is -0.380 e. The van der Waals surface area contributed by atoms with Crippen LogP contribution in [0.4, 0.5) is 5.82 Å². The number of pyridine rings is 2. The summed E-state index contributed by atoms with van der Waals surface area (Å²) in [4.78, 5) is 19.1. The lowest BCUT2D eigenvalue weighted by atomic mass is 10.0. The lowest BCUT2D eigenvalue weighted by Crippen LogP contribution is -2.05. The van der Waals surface area contributed by atoms with E-state index in [9.17, 15) is 4.79 Å². The van der Waals surface area contributed by atoms with Gasteiger partial charge in [0.15, 0.2) is 17.0 Å². The van der Waals surface area contributed by atoms with Crippen LogP contribution >= 0.6 is 0 Å². The summed E-state index contributed by atoms with van der Waals surface area (Å²) in [5, 5.41) is 3.76. The van der Waals surface area contributed by atoms with Crippen LogP contribution in [0, 0.1) is 6.92 Å². The first-order chi connectivity index (χ1) is 9.66. The van der Waals surface area contributed by atoms with Gasteiger partial charge in [-0.2, -0.15) is 0 Å². The zero-order valence-corrected chi connectivity index (χ0v) is 10.8. The van der Waals surface area contributed by atoms with Crippen LogP contribution in [-0.4, -0.2) is 15.1 Å². The van der Waals surface area contributed by atoms with Crippen LogP contribution < -0.4 is 11.2 Å². The van der Waals surface area contributed by atoms with Crippen LogP contribution in [0.25, 0.3) is 22.5 Å². The summed E-state index contributed by atoms with van der Waals surface area (Å²) in [5.74, 6) is 0.574. The third kappa shape index (κ3) is 1.97. The molecule has 0 saturated carbocycles. The lowest BCUT2D eigenvalue weighted by Gasteiger charge is -2.02. The average Bonchev–Trinajstić information content (AvgIpc) is 2.81. The number of H-pyrrole nitrogens is 1. The number of anilines is 1. The molecule has 0 atom stereocenters. The Labute approximate surface area is 114 Å². The van der Waals surface area contributed by atoms with Crippen molar-refractivity contribution in [2.75, 3.05) is 5.73 Å². The van der Waals surface area contributed by atoms with E-state index in [-0.39, 0.29) is 11.2 Å². The molecule has 0 aliphatic rings. The molecule has 100 valence electrons. The lowest BCUT2D eigenvalue weighted by molar-refractivity contribution is 0.435. The summed E-state index contributed by atoms with van der Waals surface area (Å²) in [6.07, 6.45) is 4.90. The van der Waals surface area contributed by atoms with Crippen molar-refractivity contribution in [3.05, 3.63) is 52.7 Å². The molecule has 0 radical (unpaired) electrons. The third-order valence-electron chi connectivity index (χ3n) is 2.97. The number of hydrogen-bond donors (Lipinski definition) is 2. The van der Waals surface area contributed by atoms with E-state index in [1.165, 1.54) is 6.07 Å². The molecule has 3 N–H and O–H groups in total. The second-order valence-electron chi connectivity index (χ2n) is 4.41. The van der Waals surface area contributed by atoms with E-state index in [4.69, 9.17) is 10.3 Å². The molecule has 3 rings (SSSR count). The summed E-state index contributed by atoms with van der Waals surface area (Å²) in [6.45, 7) is 1.81. The first-order valence-electron chi connectivity index (χ1n) is 6.02. The van der Waals surface area contributed by atoms with Gasteiger partial charge in [0.1, 0.15) is 0 Å². The quantitative estimate of drug-likeness (QED) is 0.740. The first-order valence-corrected chi connectivity index (χ1v) is 6.02. The van der Waals surface area contributed by atoms with Gasteiger partial charge in [-0.15, -0.1) is 0 Å². The fourth-order valence-electron chi connectivity index (χ4n) is 2.03. The molecule has 0 saturated heterocycles. The van der Waals surface area contributed by atoms with E-state index in [0.717, 1.165) is 11.3 Å². The zero-order chi connectivity index (χ0) is 14.1. The van der Waals surface area contributed by atoms with Crippen molar-refractivity contribution in [2.24, 2.45) is 0 Å². The smallest absolute Gasteiger partial charge is 0.192 e. The Kier molecular flexibility index (Phi) is 2.83. The Morgan fingerprint density at radius 1 is 1.40 bits per heavy atom. The molecular formula is C14H12N4O2. The van der Waals surface area contributed by atoms with Gasteiger partial charge >= 0.3 is 0 Å². The molecule has 0 unspecified atom stereocenters. The Hall–Kier alpha value is -2.89. The van der Waals surface area contributed by atoms with Crippen molar-refractivity contribution in [1.82, 2.24) is 15.1 Å². The highest BCUT2D eigenvalue weighted by molar-refractivity contribution is 5.85. The number of nitrogen functional groups attached to an aromatic ring is 1. The number of nitrogens with one attached hydrogen (secondary N) is 1. The molecule has 3 aromatic rings. The maximum atomic E-state index is 12.1. The van der Waals surface area contributed by atoms with Crippen molar-refractivity contribution >= 4 is 5.82 Å². The molecule has 3 aromatic heterocycles. The second kappa shape index (κ2) is 4.65. The summed E-state index contributed by atoms with van der Waals surface area (Å²) in [6, 6.07) is 5.12. The average molecular weight is 268 g/mol. The molecule has 0 bridgehead atoms. The van der Waals surface area contributed by atoms with Crippen molar-refractivity contribution in [1.29, 1.82) is 0 Å². The van der Waals surface area contributed by atoms with Crippen molar-refractivity contribution in [3.63, 3.8) is 0 Å². The standard InChI is InChI=1S/C14H12N4O2/c1-8-5-11(19)10(7-17-8)13-12(14(15)18-20-13)9-3-2-4-16-6-9/h2-7H,1H3,(H2,15,18)(H,17,19). The molecule has 0 amide bonds. The molecule has 20 heavy (non-hydrogen) atoms. The van der Waals surface area contributed by atoms with E-state index in [1.807, 2.05) is 13.0 Å². The van der Waals surface area contributed by atoms with Crippen LogP contribution in [0.5, 0.6) is 0 Å². The number of hydrogen-bond acceptors (Lipinski definition) is 5. The maximum Gasteiger partial charge on any atom is 0.192 e. The maximum absolute atomic E-state index is 12.1. The van der Waals surface area contributed by atoms with E-state index in [0.29, 0.717) is 16.9 Å². The molecule has 0 fully saturated rings. The van der Waals surface area contributed by atoms with Gasteiger partial charge in [0, 0.05) is 35.9 Å². The Bertz CT molecular complexity index is 806. The van der Waals surface area contributed by atoms with E-state index < -0.39 is 0 Å². The summed E-state index contributed by atoms with van der Waals surface area (Å²) in [5.41, 5.74) is 8.18. The fourth-order valence-corrected chi connectivity index (χ4v) is 2.03. The monoisotopic (exact) mass is 268 g/mol. The van der Waals surface area contributed by atoms with Gasteiger partial charge in [-0.25, -0.2) is 0 Å². The van der Waals surface area contributed by atoms with Gasteiger partial charge in [-0.3, -0.25) is 9.78 Å². The van der Waals surface area contributed by atoms with Crippen LogP contribution in [0.15, 0.2) is 46.1 Å². The molecule has 6 heteroatoms. The fraction of sp³-hybridized carbons (Fsp3) is 0.0714. The molecule has 6 nitrogen and oxygen atoms in total. The van der Waals surface area contributed by atoms with E-state index in [2.05, 4.69) is 15.1 Å². The van der Waals surface area contributed by atoms with Gasteiger partial charge in [-0.1, -0.05) is 11.2 Å². The van der Waals surface area contributed by atoms with Gasteiger partial charge < -0.3 is 15.2 Å². The topological polar surface area (TPSA) is 97.8 Å². The van der Waals surface area contributed by atoms with Crippen molar-refractivity contribution < 1.29 is 4.52 Å². The van der Waals surface area contributed by atoms with Gasteiger partial charge in [0.2, 0.25) is 0 Å². The van der Waals surface area contributed by atoms with Gasteiger partial charge in [0.25, 0.3) is 0 Å². The van der Waals surface area contributed by atoms with E-state index >= 15 is 0 Å². The molecule has 0 aromatic carbocycles. The molecular weight excluding hydrogens is 256 g/mol. The number of rotatable bonds is 2. The normalized spacial score (nSPS) is 10.7. The molecule has 3 heterocycles. The SMILES string of the molecule is Cc1cc(=O)c(-c2onc(N)c2-c2cccnc2)c[nH]1. The Morgan fingerprint density at radius 2 is 2.25 bits per heavy atom.